The van der Waals surface area contributed by atoms with Crippen molar-refractivity contribution in [2.45, 2.75) is 30.2 Å². The predicted molar refractivity (Wildman–Crippen MR) is 121 cm³/mol. The van der Waals surface area contributed by atoms with Gasteiger partial charge in [0.25, 0.3) is 0 Å². The normalized spacial score (nSPS) is 11.4. The van der Waals surface area contributed by atoms with Gasteiger partial charge in [-0.3, -0.25) is 0 Å². The van der Waals surface area contributed by atoms with Gasteiger partial charge in [0.1, 0.15) is 6.33 Å². The summed E-state index contributed by atoms with van der Waals surface area (Å²) in [5.74, 6) is 0. The molecule has 0 spiro atoms. The van der Waals surface area contributed by atoms with Crippen LogP contribution in [0.3, 0.4) is 0 Å². The molecule has 5 nitrogen and oxygen atoms in total. The Morgan fingerprint density at radius 2 is 1.83 bits per heavy atom. The summed E-state index contributed by atoms with van der Waals surface area (Å²) in [5, 5.41) is 6.92. The zero-order chi connectivity index (χ0) is 20.5. The molecule has 0 N–H and O–H groups in total. The van der Waals surface area contributed by atoms with Crippen molar-refractivity contribution in [3.05, 3.63) is 58.9 Å². The van der Waals surface area contributed by atoms with Crippen LogP contribution in [0.15, 0.2) is 47.3 Å². The predicted octanol–water partition coefficient (Wildman–Crippen LogP) is 6.57. The maximum atomic E-state index is 6.25. The monoisotopic (exact) mass is 461 g/mol. The van der Waals surface area contributed by atoms with Gasteiger partial charge in [-0.1, -0.05) is 54.5 Å². The molecule has 0 aliphatic carbocycles. The van der Waals surface area contributed by atoms with Gasteiger partial charge < -0.3 is 0 Å². The molecule has 1 aromatic carbocycles. The van der Waals surface area contributed by atoms with Gasteiger partial charge in [0.05, 0.1) is 25.6 Å². The summed E-state index contributed by atoms with van der Waals surface area (Å²) in [6.07, 6.45) is 7.05. The Morgan fingerprint density at radius 3 is 2.52 bits per heavy atom. The van der Waals surface area contributed by atoms with Crippen LogP contribution in [0.1, 0.15) is 19.5 Å². The van der Waals surface area contributed by atoms with Crippen LogP contribution in [-0.4, -0.2) is 30.0 Å². The average Bonchev–Trinajstić information content (AvgIpc) is 3.28. The number of halogens is 2. The van der Waals surface area contributed by atoms with Gasteiger partial charge in [0, 0.05) is 40.5 Å². The van der Waals surface area contributed by atoms with Gasteiger partial charge in [-0.25, -0.2) is 19.6 Å². The lowest BCUT2D eigenvalue weighted by Gasteiger charge is -2.05. The van der Waals surface area contributed by atoms with Gasteiger partial charge in [0.2, 0.25) is 5.13 Å². The summed E-state index contributed by atoms with van der Waals surface area (Å²) in [7, 11) is 0. The Bertz CT molecular complexity index is 1160. The van der Waals surface area contributed by atoms with Crippen LogP contribution in [0.4, 0.5) is 0 Å². The molecule has 0 bridgehead atoms. The molecule has 0 amide bonds. The first kappa shape index (κ1) is 20.3. The van der Waals surface area contributed by atoms with Crippen molar-refractivity contribution < 1.29 is 0 Å². The average molecular weight is 462 g/mol. The Hall–Kier alpha value is -1.93. The summed E-state index contributed by atoms with van der Waals surface area (Å²) in [5.41, 5.74) is 4.62. The van der Waals surface area contributed by atoms with Crippen molar-refractivity contribution in [2.24, 2.45) is 0 Å². The number of hydrogen-bond donors (Lipinski definition) is 0. The minimum absolute atomic E-state index is 0.418. The molecule has 9 heteroatoms. The number of nitrogens with zero attached hydrogens (tertiary/aromatic N) is 5. The number of thioether (sulfide) groups is 1. The minimum Gasteiger partial charge on any atom is -0.244 e. The molecule has 0 aliphatic heterocycles. The lowest BCUT2D eigenvalue weighted by atomic mass is 10.1. The third-order valence-corrected chi connectivity index (χ3v) is 7.08. The summed E-state index contributed by atoms with van der Waals surface area (Å²) >= 11 is 15.7. The fourth-order valence-electron chi connectivity index (χ4n) is 2.79. The number of hydrogen-bond acceptors (Lipinski definition) is 6. The van der Waals surface area contributed by atoms with Crippen LogP contribution in [0.25, 0.3) is 27.5 Å². The van der Waals surface area contributed by atoms with Gasteiger partial charge in [-0.05, 0) is 19.1 Å². The molecule has 148 valence electrons. The van der Waals surface area contributed by atoms with Gasteiger partial charge in [-0.2, -0.15) is 5.10 Å². The number of thiazole rings is 1. The van der Waals surface area contributed by atoms with E-state index in [0.717, 1.165) is 37.4 Å². The second-order valence-electron chi connectivity index (χ2n) is 6.63. The van der Waals surface area contributed by atoms with Crippen LogP contribution in [-0.2, 0) is 0 Å². The van der Waals surface area contributed by atoms with Gasteiger partial charge >= 0.3 is 0 Å². The van der Waals surface area contributed by atoms with Crippen molar-refractivity contribution >= 4 is 46.3 Å². The van der Waals surface area contributed by atoms with Crippen molar-refractivity contribution in [2.75, 3.05) is 0 Å². The smallest absolute Gasteiger partial charge is 0.211 e. The quantitative estimate of drug-likeness (QED) is 0.314. The number of aromatic nitrogens is 5. The van der Waals surface area contributed by atoms with Crippen LogP contribution in [0.2, 0.25) is 10.0 Å². The Morgan fingerprint density at radius 1 is 1.07 bits per heavy atom. The molecular weight excluding hydrogens is 445 g/mol. The SMILES string of the molecule is Cc1nn(-c2nc(-c3ccc(Cl)c(Cl)c3)c(SC(C)C)s2)cc1-c1cncnc1. The highest BCUT2D eigenvalue weighted by Gasteiger charge is 2.19. The van der Waals surface area contributed by atoms with E-state index in [-0.39, 0.29) is 0 Å². The number of rotatable bonds is 5. The first-order chi connectivity index (χ1) is 13.9. The molecule has 0 radical (unpaired) electrons. The molecule has 0 atom stereocenters. The Balaban J connectivity index is 1.79. The van der Waals surface area contributed by atoms with Crippen LogP contribution >= 0.6 is 46.3 Å². The van der Waals surface area contributed by atoms with E-state index in [1.165, 1.54) is 6.33 Å². The van der Waals surface area contributed by atoms with Crippen molar-refractivity contribution in [1.82, 2.24) is 24.7 Å². The molecule has 4 rings (SSSR count). The largest absolute Gasteiger partial charge is 0.244 e. The van der Waals surface area contributed by atoms with Crippen LogP contribution in [0, 0.1) is 6.92 Å². The molecule has 0 fully saturated rings. The first-order valence-electron chi connectivity index (χ1n) is 8.87. The maximum Gasteiger partial charge on any atom is 0.211 e. The number of aryl methyl sites for hydroxylation is 1. The van der Waals surface area contributed by atoms with Crippen molar-refractivity contribution in [1.29, 1.82) is 0 Å². The molecule has 29 heavy (non-hydrogen) atoms. The zero-order valence-corrected chi connectivity index (χ0v) is 19.1. The summed E-state index contributed by atoms with van der Waals surface area (Å²) in [4.78, 5) is 13.1. The van der Waals surface area contributed by atoms with E-state index in [9.17, 15) is 0 Å². The highest BCUT2D eigenvalue weighted by molar-refractivity contribution is 8.01. The molecular formula is C20H17Cl2N5S2. The molecule has 0 aliphatic rings. The van der Waals surface area contributed by atoms with E-state index < -0.39 is 0 Å². The van der Waals surface area contributed by atoms with Gasteiger partial charge in [0.15, 0.2) is 0 Å². The molecule has 0 saturated carbocycles. The third-order valence-electron chi connectivity index (χ3n) is 4.09. The Kier molecular flexibility index (Phi) is 5.92. The number of benzene rings is 1. The summed E-state index contributed by atoms with van der Waals surface area (Å²) < 4.78 is 2.93. The Labute approximate surface area is 187 Å². The molecule has 3 aromatic heterocycles. The summed E-state index contributed by atoms with van der Waals surface area (Å²) in [6, 6.07) is 5.60. The van der Waals surface area contributed by atoms with Crippen molar-refractivity contribution in [3.8, 4) is 27.5 Å². The lowest BCUT2D eigenvalue weighted by molar-refractivity contribution is 0.853. The molecule has 0 saturated heterocycles. The van der Waals surface area contributed by atoms with E-state index in [1.54, 1.807) is 41.6 Å². The standard InChI is InChI=1S/C20H17Cl2N5S2/c1-11(2)28-19-18(13-4-5-16(21)17(22)6-13)25-20(29-19)27-9-15(12(3)26-27)14-7-23-10-24-8-14/h4-11H,1-3H3. The first-order valence-corrected chi connectivity index (χ1v) is 11.3. The highest BCUT2D eigenvalue weighted by atomic mass is 35.5. The van der Waals surface area contributed by atoms with Gasteiger partial charge in [-0.15, -0.1) is 11.8 Å². The lowest BCUT2D eigenvalue weighted by Crippen LogP contribution is -1.94. The molecule has 3 heterocycles. The van der Waals surface area contributed by atoms with Crippen molar-refractivity contribution in [3.63, 3.8) is 0 Å². The van der Waals surface area contributed by atoms with Crippen LogP contribution < -0.4 is 0 Å². The second-order valence-corrected chi connectivity index (χ2v) is 10.3. The fraction of sp³-hybridized carbons (Fsp3) is 0.200. The van der Waals surface area contributed by atoms with Crippen LogP contribution in [0.5, 0.6) is 0 Å². The topological polar surface area (TPSA) is 56.5 Å². The van der Waals surface area contributed by atoms with E-state index in [2.05, 4.69) is 28.9 Å². The fourth-order valence-corrected chi connectivity index (χ4v) is 5.54. The zero-order valence-electron chi connectivity index (χ0n) is 15.9. The molecule has 0 unspecified atom stereocenters. The molecule has 4 aromatic rings. The minimum atomic E-state index is 0.418. The van der Waals surface area contributed by atoms with E-state index in [0.29, 0.717) is 15.3 Å². The van der Waals surface area contributed by atoms with E-state index in [1.807, 2.05) is 29.9 Å². The summed E-state index contributed by atoms with van der Waals surface area (Å²) in [6.45, 7) is 6.29. The third kappa shape index (κ3) is 4.33. The second kappa shape index (κ2) is 8.44. The maximum absolute atomic E-state index is 6.25. The van der Waals surface area contributed by atoms with E-state index in [4.69, 9.17) is 28.2 Å². The highest BCUT2D eigenvalue weighted by Crippen LogP contribution is 2.41. The van der Waals surface area contributed by atoms with E-state index >= 15 is 0 Å².